The molecule has 1 aromatic heterocycles. The zero-order valence-corrected chi connectivity index (χ0v) is 12.7. The van der Waals surface area contributed by atoms with E-state index in [9.17, 15) is 4.79 Å². The Kier molecular flexibility index (Phi) is 4.91. The van der Waals surface area contributed by atoms with Gasteiger partial charge in [0.05, 0.1) is 0 Å². The summed E-state index contributed by atoms with van der Waals surface area (Å²) in [6.45, 7) is 6.21. The van der Waals surface area contributed by atoms with E-state index in [4.69, 9.17) is 0 Å². The number of aromatic nitrogens is 2. The molecule has 1 saturated carbocycles. The maximum Gasteiger partial charge on any atom is 0.293 e. The molecule has 2 rings (SSSR count). The molecule has 1 N–H and O–H groups in total. The van der Waals surface area contributed by atoms with Gasteiger partial charge in [-0.2, -0.15) is 11.8 Å². The Balaban J connectivity index is 2.15. The van der Waals surface area contributed by atoms with Gasteiger partial charge in [0.1, 0.15) is 0 Å². The fourth-order valence-corrected chi connectivity index (χ4v) is 3.81. The Morgan fingerprint density at radius 1 is 1.53 bits per heavy atom. The molecule has 1 aromatic rings. The first-order chi connectivity index (χ1) is 9.13. The third kappa shape index (κ3) is 3.32. The molecule has 0 radical (unpaired) electrons. The highest BCUT2D eigenvalue weighted by Gasteiger charge is 2.28. The summed E-state index contributed by atoms with van der Waals surface area (Å²) >= 11 is 1.98. The van der Waals surface area contributed by atoms with Gasteiger partial charge in [0, 0.05) is 29.7 Å². The van der Waals surface area contributed by atoms with E-state index in [1.54, 1.807) is 17.0 Å². The highest BCUT2D eigenvalue weighted by Crippen LogP contribution is 2.31. The Hall–Kier alpha value is -0.970. The molecule has 4 nitrogen and oxygen atoms in total. The van der Waals surface area contributed by atoms with Crippen molar-refractivity contribution in [3.63, 3.8) is 0 Å². The fourth-order valence-electron chi connectivity index (χ4n) is 2.61. The molecule has 2 atom stereocenters. The summed E-state index contributed by atoms with van der Waals surface area (Å²) in [4.78, 5) is 16.5. The summed E-state index contributed by atoms with van der Waals surface area (Å²) in [7, 11) is 0. The number of thioether (sulfide) groups is 1. The molecular formula is C14H23N3OS. The van der Waals surface area contributed by atoms with Crippen molar-refractivity contribution in [3.8, 4) is 0 Å². The van der Waals surface area contributed by atoms with Crippen LogP contribution < -0.4 is 10.9 Å². The van der Waals surface area contributed by atoms with Crippen molar-refractivity contribution in [3.05, 3.63) is 22.7 Å². The minimum Gasteiger partial charge on any atom is -0.362 e. The van der Waals surface area contributed by atoms with Crippen molar-refractivity contribution < 1.29 is 0 Å². The van der Waals surface area contributed by atoms with Crippen LogP contribution in [0.5, 0.6) is 0 Å². The summed E-state index contributed by atoms with van der Waals surface area (Å²) < 4.78 is 1.73. The standard InChI is InChI=1S/C14H23N3OS/c1-4-19-12-7-5-6-11(12)16-13-14(18)17(10(2)3)9-8-15-13/h8-12H,4-7H2,1-3H3,(H,15,16). The molecule has 1 aliphatic carbocycles. The predicted octanol–water partition coefficient (Wildman–Crippen LogP) is 2.91. The van der Waals surface area contributed by atoms with Crippen molar-refractivity contribution in [2.75, 3.05) is 11.1 Å². The van der Waals surface area contributed by atoms with Crippen molar-refractivity contribution in [2.45, 2.75) is 57.4 Å². The number of anilines is 1. The van der Waals surface area contributed by atoms with Crippen LogP contribution >= 0.6 is 11.8 Å². The van der Waals surface area contributed by atoms with Gasteiger partial charge in [-0.3, -0.25) is 4.79 Å². The van der Waals surface area contributed by atoms with Gasteiger partial charge in [-0.25, -0.2) is 4.98 Å². The zero-order valence-electron chi connectivity index (χ0n) is 11.9. The van der Waals surface area contributed by atoms with Crippen LogP contribution in [-0.4, -0.2) is 26.6 Å². The number of hydrogen-bond acceptors (Lipinski definition) is 4. The summed E-state index contributed by atoms with van der Waals surface area (Å²) in [6.07, 6.45) is 7.07. The lowest BCUT2D eigenvalue weighted by Gasteiger charge is -2.21. The van der Waals surface area contributed by atoms with Crippen molar-refractivity contribution in [1.29, 1.82) is 0 Å². The smallest absolute Gasteiger partial charge is 0.293 e. The molecule has 0 aromatic carbocycles. The maximum absolute atomic E-state index is 12.3. The Morgan fingerprint density at radius 3 is 3.00 bits per heavy atom. The van der Waals surface area contributed by atoms with Gasteiger partial charge in [0.25, 0.3) is 5.56 Å². The van der Waals surface area contributed by atoms with E-state index in [1.807, 2.05) is 25.6 Å². The lowest BCUT2D eigenvalue weighted by atomic mass is 10.2. The first-order valence-electron chi connectivity index (χ1n) is 7.08. The molecule has 1 heterocycles. The second-order valence-corrected chi connectivity index (χ2v) is 6.77. The summed E-state index contributed by atoms with van der Waals surface area (Å²) in [5.74, 6) is 1.63. The van der Waals surface area contributed by atoms with Gasteiger partial charge >= 0.3 is 0 Å². The van der Waals surface area contributed by atoms with E-state index in [-0.39, 0.29) is 11.6 Å². The van der Waals surface area contributed by atoms with E-state index >= 15 is 0 Å². The topological polar surface area (TPSA) is 46.9 Å². The van der Waals surface area contributed by atoms with Gasteiger partial charge in [-0.05, 0) is 32.4 Å². The van der Waals surface area contributed by atoms with Crippen LogP contribution in [-0.2, 0) is 0 Å². The molecule has 1 aliphatic rings. The Labute approximate surface area is 119 Å². The monoisotopic (exact) mass is 281 g/mol. The Morgan fingerprint density at radius 2 is 2.32 bits per heavy atom. The lowest BCUT2D eigenvalue weighted by molar-refractivity contribution is 0.573. The van der Waals surface area contributed by atoms with Crippen LogP contribution in [0.25, 0.3) is 0 Å². The second kappa shape index (κ2) is 6.46. The third-order valence-electron chi connectivity index (χ3n) is 3.58. The molecule has 0 aliphatic heterocycles. The number of hydrogen-bond donors (Lipinski definition) is 1. The van der Waals surface area contributed by atoms with Crippen LogP contribution in [0.1, 0.15) is 46.1 Å². The summed E-state index contributed by atoms with van der Waals surface area (Å²) in [5.41, 5.74) is -0.00958. The molecular weight excluding hydrogens is 258 g/mol. The van der Waals surface area contributed by atoms with Crippen molar-refractivity contribution >= 4 is 17.6 Å². The first kappa shape index (κ1) is 14.4. The Bertz CT molecular complexity index is 472. The molecule has 106 valence electrons. The van der Waals surface area contributed by atoms with E-state index in [2.05, 4.69) is 17.2 Å². The van der Waals surface area contributed by atoms with E-state index < -0.39 is 0 Å². The van der Waals surface area contributed by atoms with Crippen molar-refractivity contribution in [1.82, 2.24) is 9.55 Å². The minimum absolute atomic E-state index is 0.00958. The van der Waals surface area contributed by atoms with Crippen molar-refractivity contribution in [2.24, 2.45) is 0 Å². The fraction of sp³-hybridized carbons (Fsp3) is 0.714. The van der Waals surface area contributed by atoms with Gasteiger partial charge in [0.15, 0.2) is 5.82 Å². The average Bonchev–Trinajstić information content (AvgIpc) is 2.79. The average molecular weight is 281 g/mol. The third-order valence-corrected chi connectivity index (χ3v) is 4.91. The molecule has 1 fully saturated rings. The normalized spacial score (nSPS) is 22.9. The molecule has 19 heavy (non-hydrogen) atoms. The van der Waals surface area contributed by atoms with Crippen LogP contribution in [0, 0.1) is 0 Å². The summed E-state index contributed by atoms with van der Waals surface area (Å²) in [5, 5.41) is 3.98. The zero-order chi connectivity index (χ0) is 13.8. The van der Waals surface area contributed by atoms with Crippen LogP contribution in [0.2, 0.25) is 0 Å². The molecule has 2 unspecified atom stereocenters. The highest BCUT2D eigenvalue weighted by molar-refractivity contribution is 7.99. The van der Waals surface area contributed by atoms with Gasteiger partial charge in [-0.1, -0.05) is 13.3 Å². The predicted molar refractivity (Wildman–Crippen MR) is 82.1 cm³/mol. The van der Waals surface area contributed by atoms with Gasteiger partial charge in [-0.15, -0.1) is 0 Å². The van der Waals surface area contributed by atoms with Gasteiger partial charge < -0.3 is 9.88 Å². The molecule has 0 spiro atoms. The van der Waals surface area contributed by atoms with Gasteiger partial charge in [0.2, 0.25) is 0 Å². The lowest BCUT2D eigenvalue weighted by Crippen LogP contribution is -2.32. The first-order valence-corrected chi connectivity index (χ1v) is 8.13. The SMILES string of the molecule is CCSC1CCCC1Nc1nccn(C(C)C)c1=O. The quantitative estimate of drug-likeness (QED) is 0.901. The highest BCUT2D eigenvalue weighted by atomic mass is 32.2. The minimum atomic E-state index is -0.00958. The van der Waals surface area contributed by atoms with E-state index in [0.717, 1.165) is 12.2 Å². The summed E-state index contributed by atoms with van der Waals surface area (Å²) in [6, 6.07) is 0.550. The number of nitrogens with one attached hydrogen (secondary N) is 1. The van der Waals surface area contributed by atoms with E-state index in [0.29, 0.717) is 17.1 Å². The van der Waals surface area contributed by atoms with Crippen LogP contribution in [0.4, 0.5) is 5.82 Å². The molecule has 0 bridgehead atoms. The maximum atomic E-state index is 12.3. The van der Waals surface area contributed by atoms with Crippen LogP contribution in [0.3, 0.4) is 0 Å². The number of nitrogens with zero attached hydrogens (tertiary/aromatic N) is 2. The van der Waals surface area contributed by atoms with E-state index in [1.165, 1.54) is 12.8 Å². The largest absolute Gasteiger partial charge is 0.362 e. The number of rotatable bonds is 5. The second-order valence-electron chi connectivity index (χ2n) is 5.26. The molecule has 0 amide bonds. The molecule has 5 heteroatoms. The van der Waals surface area contributed by atoms with Crippen LogP contribution in [0.15, 0.2) is 17.2 Å². The molecule has 0 saturated heterocycles.